The smallest absolute Gasteiger partial charge is 0.326 e. The molecule has 0 aromatic heterocycles. The second kappa shape index (κ2) is 6.56. The molecule has 0 radical (unpaired) electrons. The number of carbonyl (C=O) groups excluding carboxylic acids is 1. The highest BCUT2D eigenvalue weighted by Crippen LogP contribution is 2.27. The van der Waals surface area contributed by atoms with E-state index in [1.807, 2.05) is 0 Å². The molecule has 0 spiro atoms. The molecule has 1 fully saturated rings. The number of hydrogen-bond donors (Lipinski definition) is 3. The van der Waals surface area contributed by atoms with Crippen LogP contribution in [-0.2, 0) is 4.79 Å². The Bertz CT molecular complexity index is 540. The summed E-state index contributed by atoms with van der Waals surface area (Å²) in [5.41, 5.74) is -0.126. The Morgan fingerprint density at radius 3 is 2.48 bits per heavy atom. The van der Waals surface area contributed by atoms with E-state index in [4.69, 9.17) is 0 Å². The number of halogens is 1. The minimum Gasteiger partial charge on any atom is -0.507 e. The summed E-state index contributed by atoms with van der Waals surface area (Å²) in [6.45, 7) is 0. The first-order valence-corrected chi connectivity index (χ1v) is 7.01. The molecule has 0 heterocycles. The molecule has 0 saturated heterocycles. The maximum absolute atomic E-state index is 12.9. The van der Waals surface area contributed by atoms with Crippen molar-refractivity contribution in [2.45, 2.75) is 38.1 Å². The average Bonchev–Trinajstić information content (AvgIpc) is 2.45. The fraction of sp³-hybridized carbons (Fsp3) is 0.467. The first-order chi connectivity index (χ1) is 9.99. The summed E-state index contributed by atoms with van der Waals surface area (Å²) in [6, 6.07) is 2.03. The van der Waals surface area contributed by atoms with E-state index in [2.05, 4.69) is 5.32 Å². The molecular formula is C15H18FNO4. The van der Waals surface area contributed by atoms with E-state index in [9.17, 15) is 24.2 Å². The first-order valence-electron chi connectivity index (χ1n) is 7.01. The normalized spacial score (nSPS) is 17.2. The van der Waals surface area contributed by atoms with Gasteiger partial charge in [-0.15, -0.1) is 0 Å². The molecule has 0 aliphatic heterocycles. The summed E-state index contributed by atoms with van der Waals surface area (Å²) in [4.78, 5) is 23.4. The Morgan fingerprint density at radius 1 is 1.24 bits per heavy atom. The fourth-order valence-corrected chi connectivity index (χ4v) is 2.76. The molecule has 2 rings (SSSR count). The minimum atomic E-state index is -1.09. The Morgan fingerprint density at radius 2 is 1.90 bits per heavy atom. The van der Waals surface area contributed by atoms with E-state index in [1.54, 1.807) is 0 Å². The van der Waals surface area contributed by atoms with Crippen molar-refractivity contribution in [3.8, 4) is 5.75 Å². The van der Waals surface area contributed by atoms with Crippen molar-refractivity contribution in [2.75, 3.05) is 0 Å². The number of nitrogens with one attached hydrogen (secondary N) is 1. The predicted molar refractivity (Wildman–Crippen MR) is 73.5 cm³/mol. The largest absolute Gasteiger partial charge is 0.507 e. The zero-order valence-electron chi connectivity index (χ0n) is 11.5. The summed E-state index contributed by atoms with van der Waals surface area (Å²) in [5.74, 6) is -3.06. The predicted octanol–water partition coefficient (Wildman–Crippen LogP) is 2.29. The number of amides is 1. The van der Waals surface area contributed by atoms with Crippen LogP contribution in [0.5, 0.6) is 5.75 Å². The molecule has 1 saturated carbocycles. The number of aromatic hydroxyl groups is 1. The first kappa shape index (κ1) is 15.3. The van der Waals surface area contributed by atoms with Gasteiger partial charge in [0.05, 0.1) is 5.56 Å². The number of rotatable bonds is 4. The van der Waals surface area contributed by atoms with Gasteiger partial charge in [0.25, 0.3) is 5.91 Å². The lowest BCUT2D eigenvalue weighted by Crippen LogP contribution is -2.46. The van der Waals surface area contributed by atoms with Gasteiger partial charge in [-0.25, -0.2) is 9.18 Å². The lowest BCUT2D eigenvalue weighted by atomic mass is 9.84. The number of carbonyl (C=O) groups is 2. The highest BCUT2D eigenvalue weighted by Gasteiger charge is 2.31. The third kappa shape index (κ3) is 3.71. The average molecular weight is 295 g/mol. The number of aliphatic carboxylic acids is 1. The summed E-state index contributed by atoms with van der Waals surface area (Å²) in [6.07, 6.45) is 4.49. The molecule has 21 heavy (non-hydrogen) atoms. The van der Waals surface area contributed by atoms with Crippen molar-refractivity contribution in [2.24, 2.45) is 5.92 Å². The molecule has 1 amide bonds. The molecule has 1 aliphatic rings. The summed E-state index contributed by atoms with van der Waals surface area (Å²) < 4.78 is 12.9. The molecule has 3 N–H and O–H groups in total. The number of carboxylic acid groups (broad SMARTS) is 1. The molecule has 1 aromatic carbocycles. The summed E-state index contributed by atoms with van der Waals surface area (Å²) in [7, 11) is 0. The number of benzene rings is 1. The van der Waals surface area contributed by atoms with Crippen LogP contribution in [-0.4, -0.2) is 28.1 Å². The van der Waals surface area contributed by atoms with Crippen molar-refractivity contribution in [3.63, 3.8) is 0 Å². The molecule has 1 aromatic rings. The zero-order valence-corrected chi connectivity index (χ0v) is 11.5. The van der Waals surface area contributed by atoms with Gasteiger partial charge >= 0.3 is 5.97 Å². The minimum absolute atomic E-state index is 0.109. The Kier molecular flexibility index (Phi) is 4.77. The number of hydrogen-bond acceptors (Lipinski definition) is 3. The second-order valence-corrected chi connectivity index (χ2v) is 5.35. The number of carboxylic acids is 1. The lowest BCUT2D eigenvalue weighted by Gasteiger charge is -2.28. The zero-order chi connectivity index (χ0) is 15.4. The molecule has 6 heteroatoms. The highest BCUT2D eigenvalue weighted by atomic mass is 19.1. The SMILES string of the molecule is O=C(NC(C(=O)O)C1CCCCC1)c1ccc(F)cc1O. The van der Waals surface area contributed by atoms with Gasteiger partial charge in [-0.3, -0.25) is 4.79 Å². The van der Waals surface area contributed by atoms with Crippen LogP contribution in [0.25, 0.3) is 0 Å². The highest BCUT2D eigenvalue weighted by molar-refractivity contribution is 5.98. The maximum Gasteiger partial charge on any atom is 0.326 e. The van der Waals surface area contributed by atoms with Gasteiger partial charge in [-0.1, -0.05) is 19.3 Å². The van der Waals surface area contributed by atoms with E-state index < -0.39 is 29.5 Å². The molecule has 5 nitrogen and oxygen atoms in total. The third-order valence-electron chi connectivity index (χ3n) is 3.88. The molecule has 1 aliphatic carbocycles. The van der Waals surface area contributed by atoms with Crippen LogP contribution in [0, 0.1) is 11.7 Å². The van der Waals surface area contributed by atoms with Crippen molar-refractivity contribution in [1.82, 2.24) is 5.32 Å². The topological polar surface area (TPSA) is 86.6 Å². The van der Waals surface area contributed by atoms with Crippen molar-refractivity contribution in [1.29, 1.82) is 0 Å². The third-order valence-corrected chi connectivity index (χ3v) is 3.88. The van der Waals surface area contributed by atoms with Crippen molar-refractivity contribution in [3.05, 3.63) is 29.6 Å². The van der Waals surface area contributed by atoms with Gasteiger partial charge in [-0.2, -0.15) is 0 Å². The van der Waals surface area contributed by atoms with E-state index in [-0.39, 0.29) is 11.5 Å². The Labute approximate surface area is 121 Å². The van der Waals surface area contributed by atoms with Gasteiger partial charge in [-0.05, 0) is 30.9 Å². The monoisotopic (exact) mass is 295 g/mol. The van der Waals surface area contributed by atoms with Crippen LogP contribution < -0.4 is 5.32 Å². The molecule has 1 atom stereocenters. The van der Waals surface area contributed by atoms with Crippen LogP contribution in [0.4, 0.5) is 4.39 Å². The van der Waals surface area contributed by atoms with E-state index in [1.165, 1.54) is 0 Å². The van der Waals surface area contributed by atoms with Crippen LogP contribution in [0.3, 0.4) is 0 Å². The molecule has 1 unspecified atom stereocenters. The second-order valence-electron chi connectivity index (χ2n) is 5.35. The van der Waals surface area contributed by atoms with Gasteiger partial charge in [0.15, 0.2) is 0 Å². The van der Waals surface area contributed by atoms with Crippen LogP contribution >= 0.6 is 0 Å². The quantitative estimate of drug-likeness (QED) is 0.795. The van der Waals surface area contributed by atoms with Crippen LogP contribution in [0.1, 0.15) is 42.5 Å². The van der Waals surface area contributed by atoms with E-state index in [0.717, 1.165) is 50.3 Å². The van der Waals surface area contributed by atoms with Gasteiger partial charge < -0.3 is 15.5 Å². The van der Waals surface area contributed by atoms with Crippen molar-refractivity contribution >= 4 is 11.9 Å². The van der Waals surface area contributed by atoms with E-state index in [0.29, 0.717) is 0 Å². The number of phenolic OH excluding ortho intramolecular Hbond substituents is 1. The van der Waals surface area contributed by atoms with Gasteiger partial charge in [0.2, 0.25) is 0 Å². The standard InChI is InChI=1S/C15H18FNO4/c16-10-6-7-11(12(18)8-10)14(19)17-13(15(20)21)9-4-2-1-3-5-9/h6-9,13,18H,1-5H2,(H,17,19)(H,20,21). The maximum atomic E-state index is 12.9. The number of phenols is 1. The summed E-state index contributed by atoms with van der Waals surface area (Å²) >= 11 is 0. The molecule has 114 valence electrons. The van der Waals surface area contributed by atoms with Crippen LogP contribution in [0.15, 0.2) is 18.2 Å². The summed E-state index contributed by atoms with van der Waals surface area (Å²) in [5, 5.41) is 21.3. The van der Waals surface area contributed by atoms with Gasteiger partial charge in [0.1, 0.15) is 17.6 Å². The Balaban J connectivity index is 2.12. The fourth-order valence-electron chi connectivity index (χ4n) is 2.76. The van der Waals surface area contributed by atoms with E-state index >= 15 is 0 Å². The molecule has 0 bridgehead atoms. The Hall–Kier alpha value is -2.11. The molecular weight excluding hydrogens is 277 g/mol. The lowest BCUT2D eigenvalue weighted by molar-refractivity contribution is -0.141. The van der Waals surface area contributed by atoms with Gasteiger partial charge in [0, 0.05) is 6.07 Å². The van der Waals surface area contributed by atoms with Crippen molar-refractivity contribution < 1.29 is 24.2 Å². The van der Waals surface area contributed by atoms with Crippen LogP contribution in [0.2, 0.25) is 0 Å².